The van der Waals surface area contributed by atoms with Gasteiger partial charge in [0, 0.05) is 25.2 Å². The van der Waals surface area contributed by atoms with E-state index in [4.69, 9.17) is 10.5 Å². The van der Waals surface area contributed by atoms with E-state index in [9.17, 15) is 10.1 Å². The maximum atomic E-state index is 10.7. The molecule has 0 aromatic carbocycles. The highest BCUT2D eigenvalue weighted by atomic mass is 16.6. The van der Waals surface area contributed by atoms with Crippen LogP contribution in [0.5, 0.6) is 0 Å². The van der Waals surface area contributed by atoms with Gasteiger partial charge in [-0.1, -0.05) is 0 Å². The predicted octanol–water partition coefficient (Wildman–Crippen LogP) is 0.851. The Morgan fingerprint density at radius 1 is 1.68 bits per heavy atom. The molecule has 1 aliphatic rings. The number of aryl methyl sites for hydroxylation is 1. The van der Waals surface area contributed by atoms with Crippen LogP contribution in [-0.2, 0) is 4.74 Å². The zero-order valence-electron chi connectivity index (χ0n) is 11.1. The van der Waals surface area contributed by atoms with Gasteiger partial charge >= 0.3 is 0 Å². The van der Waals surface area contributed by atoms with Crippen molar-refractivity contribution in [1.29, 1.82) is 0 Å². The lowest BCUT2D eigenvalue weighted by atomic mass is 10.1. The van der Waals surface area contributed by atoms with Crippen LogP contribution in [0.15, 0.2) is 12.3 Å². The molecule has 7 heteroatoms. The van der Waals surface area contributed by atoms with E-state index in [0.717, 1.165) is 17.9 Å². The molecule has 2 heterocycles. The van der Waals surface area contributed by atoms with Gasteiger partial charge in [0.25, 0.3) is 5.69 Å². The Balaban J connectivity index is 2.19. The Hall–Kier alpha value is -1.73. The molecular weight excluding hydrogens is 248 g/mol. The van der Waals surface area contributed by atoms with Gasteiger partial charge in [0.05, 0.1) is 17.6 Å². The first-order valence-corrected chi connectivity index (χ1v) is 6.22. The number of nitrogens with zero attached hydrogens (tertiary/aromatic N) is 3. The van der Waals surface area contributed by atoms with E-state index >= 15 is 0 Å². The fraction of sp³-hybridized carbons (Fsp3) is 0.583. The van der Waals surface area contributed by atoms with Crippen LogP contribution >= 0.6 is 0 Å². The molecule has 2 rings (SSSR count). The minimum absolute atomic E-state index is 0.0123. The number of hydrogen-bond acceptors (Lipinski definition) is 6. The van der Waals surface area contributed by atoms with Gasteiger partial charge in [-0.05, 0) is 19.4 Å². The van der Waals surface area contributed by atoms with Crippen molar-refractivity contribution in [1.82, 2.24) is 4.98 Å². The Morgan fingerprint density at radius 3 is 3.00 bits per heavy atom. The number of morpholine rings is 1. The smallest absolute Gasteiger partial charge is 0.287 e. The minimum atomic E-state index is -0.437. The summed E-state index contributed by atoms with van der Waals surface area (Å²) in [5, 5.41) is 10.7. The maximum absolute atomic E-state index is 10.7. The van der Waals surface area contributed by atoms with Gasteiger partial charge in [0.1, 0.15) is 12.0 Å². The lowest BCUT2D eigenvalue weighted by Gasteiger charge is -2.36. The second-order valence-electron chi connectivity index (χ2n) is 4.81. The van der Waals surface area contributed by atoms with Crippen LogP contribution < -0.4 is 10.6 Å². The van der Waals surface area contributed by atoms with Crippen LogP contribution in [0.2, 0.25) is 0 Å². The summed E-state index contributed by atoms with van der Waals surface area (Å²) in [6.45, 7) is 5.69. The fourth-order valence-corrected chi connectivity index (χ4v) is 2.17. The van der Waals surface area contributed by atoms with Gasteiger partial charge in [-0.3, -0.25) is 10.1 Å². The summed E-state index contributed by atoms with van der Waals surface area (Å²) < 4.78 is 5.59. The summed E-state index contributed by atoms with van der Waals surface area (Å²) in [5.74, 6) is 0.763. The normalized spacial score (nSPS) is 21.2. The zero-order valence-corrected chi connectivity index (χ0v) is 11.1. The summed E-state index contributed by atoms with van der Waals surface area (Å²) in [6, 6.07) is 1.49. The minimum Gasteiger partial charge on any atom is -0.373 e. The Morgan fingerprint density at radius 2 is 2.42 bits per heavy atom. The molecule has 2 N–H and O–H groups in total. The second-order valence-corrected chi connectivity index (χ2v) is 4.81. The van der Waals surface area contributed by atoms with E-state index in [0.29, 0.717) is 13.2 Å². The monoisotopic (exact) mass is 266 g/mol. The SMILES string of the molecule is Cc1cc([N+](=O)[O-])cnc1N1CCOC(C(C)N)C1. The molecule has 0 spiro atoms. The average molecular weight is 266 g/mol. The molecule has 0 bridgehead atoms. The summed E-state index contributed by atoms with van der Waals surface area (Å²) in [5.41, 5.74) is 6.65. The molecule has 1 saturated heterocycles. The van der Waals surface area contributed by atoms with E-state index in [2.05, 4.69) is 9.88 Å². The predicted molar refractivity (Wildman–Crippen MR) is 71.2 cm³/mol. The van der Waals surface area contributed by atoms with Gasteiger partial charge in [0.2, 0.25) is 0 Å². The fourth-order valence-electron chi connectivity index (χ4n) is 2.17. The number of hydrogen-bond donors (Lipinski definition) is 1. The highest BCUT2D eigenvalue weighted by Crippen LogP contribution is 2.23. The van der Waals surface area contributed by atoms with Crippen molar-refractivity contribution in [3.63, 3.8) is 0 Å². The summed E-state index contributed by atoms with van der Waals surface area (Å²) in [7, 11) is 0. The molecule has 0 radical (unpaired) electrons. The third-order valence-electron chi connectivity index (χ3n) is 3.23. The second kappa shape index (κ2) is 5.50. The lowest BCUT2D eigenvalue weighted by Crippen LogP contribution is -2.50. The molecule has 2 atom stereocenters. The highest BCUT2D eigenvalue weighted by molar-refractivity contribution is 5.50. The molecule has 7 nitrogen and oxygen atoms in total. The largest absolute Gasteiger partial charge is 0.373 e. The highest BCUT2D eigenvalue weighted by Gasteiger charge is 2.25. The third-order valence-corrected chi connectivity index (χ3v) is 3.23. The Labute approximate surface area is 111 Å². The van der Waals surface area contributed by atoms with Gasteiger partial charge in [-0.2, -0.15) is 0 Å². The quantitative estimate of drug-likeness (QED) is 0.643. The van der Waals surface area contributed by atoms with Crippen molar-refractivity contribution >= 4 is 11.5 Å². The number of nitrogens with two attached hydrogens (primary N) is 1. The summed E-state index contributed by atoms with van der Waals surface area (Å²) >= 11 is 0. The number of nitro groups is 1. The van der Waals surface area contributed by atoms with Crippen LogP contribution in [-0.4, -0.2) is 41.7 Å². The first-order valence-electron chi connectivity index (χ1n) is 6.22. The van der Waals surface area contributed by atoms with E-state index in [1.807, 2.05) is 13.8 Å². The van der Waals surface area contributed by atoms with Gasteiger partial charge < -0.3 is 15.4 Å². The standard InChI is InChI=1S/C12H18N4O3/c1-8-5-10(16(17)18)6-14-12(8)15-3-4-19-11(7-15)9(2)13/h5-6,9,11H,3-4,7,13H2,1-2H3. The topological polar surface area (TPSA) is 94.5 Å². The van der Waals surface area contributed by atoms with Crippen LogP contribution in [0, 0.1) is 17.0 Å². The average Bonchev–Trinajstić information content (AvgIpc) is 2.38. The molecule has 19 heavy (non-hydrogen) atoms. The maximum Gasteiger partial charge on any atom is 0.287 e. The van der Waals surface area contributed by atoms with Gasteiger partial charge in [-0.15, -0.1) is 0 Å². The molecule has 1 aromatic rings. The first kappa shape index (κ1) is 13.7. The van der Waals surface area contributed by atoms with Gasteiger partial charge in [-0.25, -0.2) is 4.98 Å². The van der Waals surface area contributed by atoms with Gasteiger partial charge in [0.15, 0.2) is 0 Å². The number of rotatable bonds is 3. The van der Waals surface area contributed by atoms with Crippen molar-refractivity contribution in [2.75, 3.05) is 24.6 Å². The Bertz CT molecular complexity index is 478. The number of aromatic nitrogens is 1. The molecule has 0 amide bonds. The first-order chi connectivity index (χ1) is 8.99. The van der Waals surface area contributed by atoms with Crippen molar-refractivity contribution in [3.8, 4) is 0 Å². The summed E-state index contributed by atoms with van der Waals surface area (Å²) in [4.78, 5) is 16.5. The van der Waals surface area contributed by atoms with Crippen molar-refractivity contribution in [3.05, 3.63) is 27.9 Å². The van der Waals surface area contributed by atoms with Crippen LogP contribution in [0.4, 0.5) is 11.5 Å². The van der Waals surface area contributed by atoms with Crippen molar-refractivity contribution < 1.29 is 9.66 Å². The number of pyridine rings is 1. The molecule has 104 valence electrons. The van der Waals surface area contributed by atoms with Crippen LogP contribution in [0.3, 0.4) is 0 Å². The number of anilines is 1. The molecule has 2 unspecified atom stereocenters. The zero-order chi connectivity index (χ0) is 14.0. The van der Waals surface area contributed by atoms with E-state index < -0.39 is 4.92 Å². The van der Waals surface area contributed by atoms with E-state index in [1.54, 1.807) is 6.07 Å². The van der Waals surface area contributed by atoms with E-state index in [1.165, 1.54) is 6.20 Å². The van der Waals surface area contributed by atoms with Crippen molar-refractivity contribution in [2.24, 2.45) is 5.73 Å². The van der Waals surface area contributed by atoms with Crippen LogP contribution in [0.25, 0.3) is 0 Å². The molecular formula is C12H18N4O3. The van der Waals surface area contributed by atoms with Crippen molar-refractivity contribution in [2.45, 2.75) is 26.0 Å². The number of ether oxygens (including phenoxy) is 1. The van der Waals surface area contributed by atoms with Crippen LogP contribution in [0.1, 0.15) is 12.5 Å². The van der Waals surface area contributed by atoms with E-state index in [-0.39, 0.29) is 17.8 Å². The molecule has 1 aliphatic heterocycles. The molecule has 1 aromatic heterocycles. The molecule has 0 saturated carbocycles. The molecule has 0 aliphatic carbocycles. The molecule has 1 fully saturated rings. The lowest BCUT2D eigenvalue weighted by molar-refractivity contribution is -0.385. The third kappa shape index (κ3) is 2.99. The Kier molecular flexibility index (Phi) is 3.96. The summed E-state index contributed by atoms with van der Waals surface area (Å²) in [6.07, 6.45) is 1.25.